The lowest BCUT2D eigenvalue weighted by Crippen LogP contribution is -2.55. The number of para-hydroxylation sites is 1. The maximum atomic E-state index is 6.49. The smallest absolute Gasteiger partial charge is 0.0543 e. The molecule has 4 heteroatoms. The largest absolute Gasteiger partial charge is 0.309 e. The van der Waals surface area contributed by atoms with Crippen molar-refractivity contribution in [1.82, 2.24) is 4.57 Å². The Morgan fingerprint density at radius 1 is 0.395 bits per heavy atom. The molecule has 0 atom stereocenters. The lowest BCUT2D eigenvalue weighted by Gasteiger charge is -2.61. The highest BCUT2D eigenvalue weighted by Gasteiger charge is 2.63. The van der Waals surface area contributed by atoms with E-state index in [1.54, 1.807) is 22.3 Å². The van der Waals surface area contributed by atoms with E-state index in [1.165, 1.54) is 146 Å². The zero-order valence-corrected chi connectivity index (χ0v) is 48.6. The molecule has 0 amide bonds. The molecule has 1 heterocycles. The summed E-state index contributed by atoms with van der Waals surface area (Å²) in [4.78, 5) is 0. The zero-order chi connectivity index (χ0) is 53.4. The fourth-order valence-electron chi connectivity index (χ4n) is 19.4. The van der Waals surface area contributed by atoms with Gasteiger partial charge < -0.3 is 4.57 Å². The van der Waals surface area contributed by atoms with Crippen LogP contribution >= 0.6 is 39.1 Å². The Balaban J connectivity index is 0.000000107. The van der Waals surface area contributed by atoms with Crippen LogP contribution in [-0.2, 0) is 17.3 Å². The molecule has 81 heavy (non-hydrogen) atoms. The molecular weight excluding hydrogens is 1090 g/mol. The van der Waals surface area contributed by atoms with Gasteiger partial charge in [-0.2, -0.15) is 0 Å². The first kappa shape index (κ1) is 51.7. The molecule has 1 nitrogen and oxygen atoms in total. The van der Waals surface area contributed by atoms with Gasteiger partial charge in [-0.1, -0.05) is 204 Å². The van der Waals surface area contributed by atoms with Crippen molar-refractivity contribution in [2.75, 3.05) is 0 Å². The molecule has 8 fully saturated rings. The fourth-order valence-corrected chi connectivity index (χ4v) is 20.3. The second kappa shape index (κ2) is 20.0. The standard InChI is InChI=1S/C34H28ClN.C22H21Br.C13H9Cl.C7H8.CH4/c35-24-12-13-31-27(19-24)25-6-2-4-10-30(25)36(31)32-11-5-9-29-33(32)26-7-1-3-8-28(26)34(29)22-15-20-14-21(17-22)18-23(34)16-20;23-20-7-3-6-19-21(20)17-4-1-2-5-18(17)22(19)15-9-13-8-14(11-15)12-16(22)10-13;14-11-6-5-10-7-9-3-1-2-4-12(9)13(10)8-11;1-7-5-3-2-4-6-7;/h1-13,19-23H,14-18H2;1-7,13-16H,8-12H2;1-6,8H,7H2;2-6H,1H3;1H4. The lowest BCUT2D eigenvalue weighted by molar-refractivity contribution is -0.0399. The van der Waals surface area contributed by atoms with Gasteiger partial charge in [0.15, 0.2) is 0 Å². The summed E-state index contributed by atoms with van der Waals surface area (Å²) < 4.78 is 3.79. The second-order valence-corrected chi connectivity index (χ2v) is 27.3. The van der Waals surface area contributed by atoms with Crippen molar-refractivity contribution in [3.63, 3.8) is 0 Å². The molecule has 9 aromatic carbocycles. The van der Waals surface area contributed by atoms with E-state index in [9.17, 15) is 0 Å². The summed E-state index contributed by atoms with van der Waals surface area (Å²) >= 11 is 16.4. The van der Waals surface area contributed by atoms with Crippen molar-refractivity contribution in [1.29, 1.82) is 0 Å². The van der Waals surface area contributed by atoms with Gasteiger partial charge in [0.25, 0.3) is 0 Å². The van der Waals surface area contributed by atoms with E-state index in [0.29, 0.717) is 5.41 Å². The molecule has 0 aliphatic heterocycles. The number of rotatable bonds is 1. The van der Waals surface area contributed by atoms with Gasteiger partial charge in [0.1, 0.15) is 0 Å². The number of hydrogen-bond acceptors (Lipinski definition) is 0. The predicted octanol–water partition coefficient (Wildman–Crippen LogP) is 21.9. The number of benzene rings is 9. The molecule has 8 saturated carbocycles. The second-order valence-electron chi connectivity index (χ2n) is 25.6. The molecule has 0 saturated heterocycles. The Labute approximate surface area is 497 Å². The zero-order valence-electron chi connectivity index (χ0n) is 45.5. The number of hydrogen-bond donors (Lipinski definition) is 0. The van der Waals surface area contributed by atoms with E-state index < -0.39 is 0 Å². The summed E-state index contributed by atoms with van der Waals surface area (Å²) in [5.74, 6) is 7.26. The van der Waals surface area contributed by atoms with Crippen LogP contribution in [0, 0.1) is 54.3 Å². The minimum absolute atomic E-state index is 0. The maximum Gasteiger partial charge on any atom is 0.0543 e. The van der Waals surface area contributed by atoms with Crippen LogP contribution in [0.1, 0.15) is 111 Å². The molecule has 11 aliphatic carbocycles. The Morgan fingerprint density at radius 3 is 1.48 bits per heavy atom. The van der Waals surface area contributed by atoms with Crippen molar-refractivity contribution >= 4 is 60.9 Å². The van der Waals surface area contributed by atoms with Crippen LogP contribution in [0.3, 0.4) is 0 Å². The highest BCUT2D eigenvalue weighted by molar-refractivity contribution is 9.10. The van der Waals surface area contributed by atoms with Gasteiger partial charge in [-0.25, -0.2) is 0 Å². The van der Waals surface area contributed by atoms with Gasteiger partial charge >= 0.3 is 0 Å². The van der Waals surface area contributed by atoms with Crippen LogP contribution in [0.2, 0.25) is 10.0 Å². The molecule has 11 aliphatic rings. The van der Waals surface area contributed by atoms with Crippen LogP contribution < -0.4 is 0 Å². The van der Waals surface area contributed by atoms with Crippen LogP contribution in [0.25, 0.3) is 60.9 Å². The van der Waals surface area contributed by atoms with Crippen LogP contribution in [0.4, 0.5) is 0 Å². The van der Waals surface area contributed by atoms with E-state index in [1.807, 2.05) is 30.3 Å². The highest BCUT2D eigenvalue weighted by atomic mass is 79.9. The quantitative estimate of drug-likeness (QED) is 0.154. The third kappa shape index (κ3) is 7.89. The maximum absolute atomic E-state index is 6.49. The van der Waals surface area contributed by atoms with Crippen molar-refractivity contribution in [3.05, 3.63) is 254 Å². The van der Waals surface area contributed by atoms with Gasteiger partial charge in [0.2, 0.25) is 0 Å². The summed E-state index contributed by atoms with van der Waals surface area (Å²) in [5, 5.41) is 4.11. The average Bonchev–Trinajstić information content (AvgIpc) is 4.40. The first-order valence-electron chi connectivity index (χ1n) is 29.9. The summed E-state index contributed by atoms with van der Waals surface area (Å²) in [6.07, 6.45) is 15.6. The minimum Gasteiger partial charge on any atom is -0.309 e. The van der Waals surface area contributed by atoms with Crippen LogP contribution in [0.15, 0.2) is 205 Å². The molecule has 0 radical (unpaired) electrons. The predicted molar refractivity (Wildman–Crippen MR) is 344 cm³/mol. The molecule has 2 spiro atoms. The van der Waals surface area contributed by atoms with Crippen LogP contribution in [-0.4, -0.2) is 4.57 Å². The summed E-state index contributed by atoms with van der Waals surface area (Å²) in [6.45, 7) is 2.08. The van der Waals surface area contributed by atoms with Crippen molar-refractivity contribution in [3.8, 4) is 39.1 Å². The van der Waals surface area contributed by atoms with Gasteiger partial charge in [-0.3, -0.25) is 0 Å². The highest BCUT2D eigenvalue weighted by Crippen LogP contribution is 2.71. The van der Waals surface area contributed by atoms with E-state index >= 15 is 0 Å². The van der Waals surface area contributed by atoms with Crippen molar-refractivity contribution < 1.29 is 0 Å². The van der Waals surface area contributed by atoms with Crippen LogP contribution in [0.5, 0.6) is 0 Å². The van der Waals surface area contributed by atoms with E-state index in [4.69, 9.17) is 23.2 Å². The third-order valence-corrected chi connectivity index (χ3v) is 22.8. The SMILES string of the molecule is Brc1cccc2c1-c1ccccc1C21C2CC3CC(C2)CC1C3.C.Cc1ccccc1.Clc1ccc2c(c1)-c1ccccc1C2.Clc1ccc2c(c1)c1ccccc1n2-c1cccc2c1-c1ccccc1C21C2CC3CC(C2)CC1C3. The molecular formula is C77H70BrCl2N. The van der Waals surface area contributed by atoms with Gasteiger partial charge in [-0.05, 0) is 229 Å². The summed E-state index contributed by atoms with van der Waals surface area (Å²) in [7, 11) is 0. The normalized spacial score (nSPS) is 27.0. The molecule has 1 aromatic heterocycles. The average molecular weight is 1160 g/mol. The van der Waals surface area contributed by atoms with Gasteiger partial charge in [0, 0.05) is 47.2 Å². The fraction of sp³-hybridized carbons (Fsp3) is 0.299. The van der Waals surface area contributed by atoms with Crippen molar-refractivity contribution in [2.24, 2.45) is 47.3 Å². The summed E-state index contributed by atoms with van der Waals surface area (Å²) in [5.41, 5.74) is 23.5. The molecule has 0 N–H and O–H groups in total. The first-order valence-corrected chi connectivity index (χ1v) is 31.5. The number of fused-ring (bicyclic) bond motifs is 12. The molecule has 0 unspecified atom stereocenters. The minimum atomic E-state index is 0. The monoisotopic (exact) mass is 1160 g/mol. The Kier molecular flexibility index (Phi) is 12.8. The molecule has 10 aromatic rings. The summed E-state index contributed by atoms with van der Waals surface area (Å²) in [6, 6.07) is 72.9. The van der Waals surface area contributed by atoms with E-state index in [-0.39, 0.29) is 12.8 Å². The van der Waals surface area contributed by atoms with Crippen molar-refractivity contribution in [2.45, 2.75) is 95.8 Å². The van der Waals surface area contributed by atoms with Gasteiger partial charge in [-0.15, -0.1) is 0 Å². The van der Waals surface area contributed by atoms with E-state index in [0.717, 1.165) is 63.8 Å². The first-order chi connectivity index (χ1) is 39.2. The Bertz CT molecular complexity index is 4030. The van der Waals surface area contributed by atoms with Gasteiger partial charge in [0.05, 0.1) is 16.7 Å². The van der Waals surface area contributed by atoms with E-state index in [2.05, 4.69) is 197 Å². The number of aryl methyl sites for hydroxylation is 1. The molecule has 8 bridgehead atoms. The third-order valence-electron chi connectivity index (χ3n) is 21.7. The Morgan fingerprint density at radius 2 is 0.864 bits per heavy atom. The number of nitrogens with zero attached hydrogens (tertiary/aromatic N) is 1. The molecule has 21 rings (SSSR count). The molecule has 404 valence electrons. The Hall–Kier alpha value is -6.16. The lowest BCUT2D eigenvalue weighted by atomic mass is 9.43. The topological polar surface area (TPSA) is 4.93 Å². The number of halogens is 3. The number of aromatic nitrogens is 1.